The third-order valence-electron chi connectivity index (χ3n) is 2.60. The number of nitrogens with one attached hydrogen (secondary N) is 1. The summed E-state index contributed by atoms with van der Waals surface area (Å²) in [6.07, 6.45) is 0. The van der Waals surface area contributed by atoms with Gasteiger partial charge in [0.25, 0.3) is 0 Å². The Balaban J connectivity index is 1.92. The molecule has 110 valence electrons. The lowest BCUT2D eigenvalue weighted by atomic mass is 10.3. The van der Waals surface area contributed by atoms with Crippen molar-refractivity contribution in [3.05, 3.63) is 47.9 Å². The number of carbonyl (C=O) groups excluding carboxylic acids is 2. The lowest BCUT2D eigenvalue weighted by molar-refractivity contribution is -0.114. The largest absolute Gasteiger partial charge is 0.463 e. The van der Waals surface area contributed by atoms with Crippen LogP contribution in [0.25, 0.3) is 0 Å². The van der Waals surface area contributed by atoms with Crippen LogP contribution >= 0.6 is 11.8 Å². The second-order valence-corrected chi connectivity index (χ2v) is 5.30. The summed E-state index contributed by atoms with van der Waals surface area (Å²) in [5.41, 5.74) is 0.762. The van der Waals surface area contributed by atoms with Gasteiger partial charge >= 0.3 is 5.97 Å². The Morgan fingerprint density at radius 1 is 1.19 bits per heavy atom. The van der Waals surface area contributed by atoms with E-state index in [4.69, 9.17) is 4.42 Å². The van der Waals surface area contributed by atoms with Gasteiger partial charge in [-0.25, -0.2) is 4.79 Å². The molecule has 1 heterocycles. The summed E-state index contributed by atoms with van der Waals surface area (Å²) in [5, 5.41) is 2.71. The molecule has 21 heavy (non-hydrogen) atoms. The molecule has 0 bridgehead atoms. The van der Waals surface area contributed by atoms with Gasteiger partial charge in [0.05, 0.1) is 12.9 Å². The highest BCUT2D eigenvalue weighted by atomic mass is 32.2. The highest BCUT2D eigenvalue weighted by Gasteiger charge is 2.11. The van der Waals surface area contributed by atoms with E-state index >= 15 is 0 Å². The van der Waals surface area contributed by atoms with Crippen molar-refractivity contribution < 1.29 is 18.7 Å². The molecule has 1 N–H and O–H groups in total. The minimum atomic E-state index is -0.481. The van der Waals surface area contributed by atoms with Crippen molar-refractivity contribution in [1.29, 1.82) is 0 Å². The zero-order chi connectivity index (χ0) is 15.2. The molecule has 0 aliphatic rings. The first-order valence-electron chi connectivity index (χ1n) is 6.26. The van der Waals surface area contributed by atoms with Gasteiger partial charge in [-0.1, -0.05) is 0 Å². The smallest absolute Gasteiger partial charge is 0.373 e. The maximum Gasteiger partial charge on any atom is 0.373 e. The Bertz CT molecular complexity index is 633. The highest BCUT2D eigenvalue weighted by Crippen LogP contribution is 2.25. The van der Waals surface area contributed by atoms with Gasteiger partial charge in [-0.3, -0.25) is 4.79 Å². The molecule has 5 nitrogen and oxygen atoms in total. The van der Waals surface area contributed by atoms with Crippen molar-refractivity contribution in [2.45, 2.75) is 17.6 Å². The van der Waals surface area contributed by atoms with Crippen LogP contribution in [0.5, 0.6) is 0 Å². The number of methoxy groups -OCH3 is 1. The van der Waals surface area contributed by atoms with E-state index in [1.807, 2.05) is 24.3 Å². The number of rotatable bonds is 5. The molecule has 2 rings (SSSR count). The number of amides is 1. The third-order valence-corrected chi connectivity index (χ3v) is 3.64. The van der Waals surface area contributed by atoms with Gasteiger partial charge in [0.2, 0.25) is 11.7 Å². The topological polar surface area (TPSA) is 68.5 Å². The standard InChI is InChI=1S/C15H15NO4S/c1-10(17)16-11-3-6-13(7-4-11)21-9-12-5-8-14(20-12)15(18)19-2/h3-8H,9H2,1-2H3,(H,16,17). The number of hydrogen-bond donors (Lipinski definition) is 1. The molecule has 0 saturated carbocycles. The second-order valence-electron chi connectivity index (χ2n) is 4.25. The quantitative estimate of drug-likeness (QED) is 0.678. The maximum atomic E-state index is 11.3. The molecule has 0 spiro atoms. The summed E-state index contributed by atoms with van der Waals surface area (Å²) in [6, 6.07) is 10.9. The van der Waals surface area contributed by atoms with E-state index in [9.17, 15) is 9.59 Å². The summed E-state index contributed by atoms with van der Waals surface area (Å²) < 4.78 is 9.97. The van der Waals surface area contributed by atoms with Crippen molar-refractivity contribution in [3.8, 4) is 0 Å². The molecule has 2 aromatic rings. The zero-order valence-corrected chi connectivity index (χ0v) is 12.5. The van der Waals surface area contributed by atoms with Gasteiger partial charge in [0, 0.05) is 17.5 Å². The number of esters is 1. The van der Waals surface area contributed by atoms with Crippen LogP contribution in [-0.4, -0.2) is 19.0 Å². The van der Waals surface area contributed by atoms with Gasteiger partial charge in [-0.15, -0.1) is 11.8 Å². The highest BCUT2D eigenvalue weighted by molar-refractivity contribution is 7.98. The van der Waals surface area contributed by atoms with Crippen molar-refractivity contribution >= 4 is 29.3 Å². The molecule has 1 amide bonds. The molecule has 1 aromatic heterocycles. The molecule has 0 saturated heterocycles. The molecular formula is C15H15NO4S. The molecule has 0 fully saturated rings. The van der Waals surface area contributed by atoms with Crippen molar-refractivity contribution in [2.24, 2.45) is 0 Å². The van der Waals surface area contributed by atoms with E-state index in [0.29, 0.717) is 11.5 Å². The number of benzene rings is 1. The van der Waals surface area contributed by atoms with E-state index < -0.39 is 5.97 Å². The molecule has 0 atom stereocenters. The Morgan fingerprint density at radius 2 is 1.90 bits per heavy atom. The summed E-state index contributed by atoms with van der Waals surface area (Å²) in [4.78, 5) is 23.2. The van der Waals surface area contributed by atoms with Crippen LogP contribution in [-0.2, 0) is 15.3 Å². The van der Waals surface area contributed by atoms with Gasteiger partial charge in [-0.2, -0.15) is 0 Å². The van der Waals surface area contributed by atoms with Crippen LogP contribution < -0.4 is 5.32 Å². The lowest BCUT2D eigenvalue weighted by Crippen LogP contribution is -2.05. The molecule has 1 aromatic carbocycles. The normalized spacial score (nSPS) is 10.2. The predicted octanol–water partition coefficient (Wildman–Crippen LogP) is 3.32. The SMILES string of the molecule is COC(=O)c1ccc(CSc2ccc(NC(C)=O)cc2)o1. The molecule has 6 heteroatoms. The number of ether oxygens (including phenoxy) is 1. The van der Waals surface area contributed by atoms with Crippen LogP contribution in [0.1, 0.15) is 23.2 Å². The third kappa shape index (κ3) is 4.39. The van der Waals surface area contributed by atoms with E-state index in [0.717, 1.165) is 10.6 Å². The summed E-state index contributed by atoms with van der Waals surface area (Å²) in [6.45, 7) is 1.47. The van der Waals surface area contributed by atoms with Crippen molar-refractivity contribution in [1.82, 2.24) is 0 Å². The first kappa shape index (κ1) is 15.2. The van der Waals surface area contributed by atoms with Crippen LogP contribution in [0.15, 0.2) is 45.7 Å². The minimum Gasteiger partial charge on any atom is -0.463 e. The van der Waals surface area contributed by atoms with Crippen LogP contribution in [0.3, 0.4) is 0 Å². The maximum absolute atomic E-state index is 11.3. The molecule has 0 aliphatic heterocycles. The molecule has 0 radical (unpaired) electrons. The minimum absolute atomic E-state index is 0.0960. The van der Waals surface area contributed by atoms with Crippen LogP contribution in [0, 0.1) is 0 Å². The van der Waals surface area contributed by atoms with Gasteiger partial charge < -0.3 is 14.5 Å². The monoisotopic (exact) mass is 305 g/mol. The van der Waals surface area contributed by atoms with Gasteiger partial charge in [0.1, 0.15) is 5.76 Å². The summed E-state index contributed by atoms with van der Waals surface area (Å²) in [5.74, 6) is 0.934. The van der Waals surface area contributed by atoms with E-state index in [-0.39, 0.29) is 11.7 Å². The van der Waals surface area contributed by atoms with Gasteiger partial charge in [-0.05, 0) is 36.4 Å². The summed E-state index contributed by atoms with van der Waals surface area (Å²) >= 11 is 1.58. The fourth-order valence-electron chi connectivity index (χ4n) is 1.66. The number of hydrogen-bond acceptors (Lipinski definition) is 5. The Morgan fingerprint density at radius 3 is 2.52 bits per heavy atom. The van der Waals surface area contributed by atoms with E-state index in [2.05, 4.69) is 10.1 Å². The molecular weight excluding hydrogens is 290 g/mol. The lowest BCUT2D eigenvalue weighted by Gasteiger charge is -2.03. The van der Waals surface area contributed by atoms with Crippen molar-refractivity contribution in [3.63, 3.8) is 0 Å². The van der Waals surface area contributed by atoms with E-state index in [1.165, 1.54) is 14.0 Å². The number of thioether (sulfide) groups is 1. The first-order chi connectivity index (χ1) is 10.1. The fraction of sp³-hybridized carbons (Fsp3) is 0.200. The average Bonchev–Trinajstić information content (AvgIpc) is 2.94. The Kier molecular flexibility index (Phi) is 5.05. The number of carbonyl (C=O) groups is 2. The molecule has 0 unspecified atom stereocenters. The van der Waals surface area contributed by atoms with E-state index in [1.54, 1.807) is 23.9 Å². The van der Waals surface area contributed by atoms with Crippen LogP contribution in [0.2, 0.25) is 0 Å². The number of anilines is 1. The number of furan rings is 1. The zero-order valence-electron chi connectivity index (χ0n) is 11.7. The summed E-state index contributed by atoms with van der Waals surface area (Å²) in [7, 11) is 1.32. The Labute approximate surface area is 126 Å². The van der Waals surface area contributed by atoms with Crippen molar-refractivity contribution in [2.75, 3.05) is 12.4 Å². The second kappa shape index (κ2) is 6.99. The first-order valence-corrected chi connectivity index (χ1v) is 7.24. The predicted molar refractivity (Wildman–Crippen MR) is 80.4 cm³/mol. The van der Waals surface area contributed by atoms with Gasteiger partial charge in [0.15, 0.2) is 0 Å². The molecule has 0 aliphatic carbocycles. The average molecular weight is 305 g/mol. The van der Waals surface area contributed by atoms with Crippen LogP contribution in [0.4, 0.5) is 5.69 Å². The fourth-order valence-corrected chi connectivity index (χ4v) is 2.45. The Hall–Kier alpha value is -2.21.